The Morgan fingerprint density at radius 3 is 2.10 bits per heavy atom. The van der Waals surface area contributed by atoms with Gasteiger partial charge in [0.05, 0.1) is 7.11 Å². The molecule has 7 nitrogen and oxygen atoms in total. The fourth-order valence-corrected chi connectivity index (χ4v) is 1.74. The molecule has 0 aromatic carbocycles. The Hall–Kier alpha value is -1.79. The van der Waals surface area contributed by atoms with Crippen molar-refractivity contribution in [3.8, 4) is 0 Å². The van der Waals surface area contributed by atoms with E-state index in [1.807, 2.05) is 0 Å². The van der Waals surface area contributed by atoms with Gasteiger partial charge in [-0.3, -0.25) is 0 Å². The lowest BCUT2D eigenvalue weighted by Crippen LogP contribution is -2.59. The molecule has 0 spiro atoms. The first-order valence-corrected chi connectivity index (χ1v) is 6.48. The van der Waals surface area contributed by atoms with Crippen LogP contribution in [0.25, 0.3) is 0 Å². The number of amides is 2. The zero-order chi connectivity index (χ0) is 16.1. The summed E-state index contributed by atoms with van der Waals surface area (Å²) in [6, 6.07) is -1.42. The van der Waals surface area contributed by atoms with Gasteiger partial charge < -0.3 is 20.1 Å². The van der Waals surface area contributed by atoms with Crippen molar-refractivity contribution in [1.29, 1.82) is 0 Å². The van der Waals surface area contributed by atoms with Crippen LogP contribution in [0.4, 0.5) is 4.79 Å². The standard InChI is InChI=1S/C13H24N2O5/c1-7-15(13(4,5)11(17)18)12(19)14-9(8(2)3)10(16)20-6/h8-9H,7H2,1-6H3,(H,14,19)(H,17,18). The van der Waals surface area contributed by atoms with Crippen molar-refractivity contribution in [2.75, 3.05) is 13.7 Å². The first-order chi connectivity index (χ1) is 9.09. The predicted molar refractivity (Wildman–Crippen MR) is 73.3 cm³/mol. The molecule has 0 saturated heterocycles. The summed E-state index contributed by atoms with van der Waals surface area (Å²) in [7, 11) is 1.24. The van der Waals surface area contributed by atoms with Crippen molar-refractivity contribution in [1.82, 2.24) is 10.2 Å². The van der Waals surface area contributed by atoms with Crippen molar-refractivity contribution in [3.63, 3.8) is 0 Å². The van der Waals surface area contributed by atoms with Gasteiger partial charge in [0, 0.05) is 6.54 Å². The van der Waals surface area contributed by atoms with Gasteiger partial charge >= 0.3 is 18.0 Å². The number of nitrogens with zero attached hydrogens (tertiary/aromatic N) is 1. The SMILES string of the molecule is CCN(C(=O)NC(C(=O)OC)C(C)C)C(C)(C)C(=O)O. The van der Waals surface area contributed by atoms with Crippen molar-refractivity contribution >= 4 is 18.0 Å². The van der Waals surface area contributed by atoms with Gasteiger partial charge in [-0.2, -0.15) is 0 Å². The Morgan fingerprint density at radius 2 is 1.80 bits per heavy atom. The second kappa shape index (κ2) is 7.12. The summed E-state index contributed by atoms with van der Waals surface area (Å²) >= 11 is 0. The highest BCUT2D eigenvalue weighted by Gasteiger charge is 2.38. The number of nitrogens with one attached hydrogen (secondary N) is 1. The predicted octanol–water partition coefficient (Wildman–Crippen LogP) is 1.08. The number of hydrogen-bond acceptors (Lipinski definition) is 4. The van der Waals surface area contributed by atoms with Crippen molar-refractivity contribution in [2.24, 2.45) is 5.92 Å². The topological polar surface area (TPSA) is 95.9 Å². The minimum absolute atomic E-state index is 0.168. The Kier molecular flexibility index (Phi) is 6.48. The van der Waals surface area contributed by atoms with E-state index in [0.717, 1.165) is 4.90 Å². The highest BCUT2D eigenvalue weighted by atomic mass is 16.5. The molecule has 0 bridgehead atoms. The summed E-state index contributed by atoms with van der Waals surface area (Å²) in [5.74, 6) is -1.84. The van der Waals surface area contributed by atoms with Crippen LogP contribution in [-0.4, -0.2) is 53.2 Å². The molecule has 0 aliphatic heterocycles. The summed E-state index contributed by atoms with van der Waals surface area (Å²) < 4.78 is 4.63. The highest BCUT2D eigenvalue weighted by Crippen LogP contribution is 2.15. The normalized spacial score (nSPS) is 12.8. The molecule has 0 rings (SSSR count). The van der Waals surface area contributed by atoms with Crippen LogP contribution in [0.2, 0.25) is 0 Å². The molecule has 7 heteroatoms. The zero-order valence-electron chi connectivity index (χ0n) is 12.9. The molecule has 0 radical (unpaired) electrons. The molecular weight excluding hydrogens is 264 g/mol. The number of carbonyl (C=O) groups is 3. The van der Waals surface area contributed by atoms with Crippen LogP contribution in [0.5, 0.6) is 0 Å². The average Bonchev–Trinajstić information content (AvgIpc) is 2.34. The van der Waals surface area contributed by atoms with E-state index in [4.69, 9.17) is 0 Å². The zero-order valence-corrected chi connectivity index (χ0v) is 12.9. The first-order valence-electron chi connectivity index (χ1n) is 6.48. The van der Waals surface area contributed by atoms with Gasteiger partial charge in [0.15, 0.2) is 0 Å². The van der Waals surface area contributed by atoms with Gasteiger partial charge in [0.1, 0.15) is 11.6 Å². The molecule has 0 aliphatic rings. The quantitative estimate of drug-likeness (QED) is 0.713. The van der Waals surface area contributed by atoms with Gasteiger partial charge in [-0.25, -0.2) is 14.4 Å². The van der Waals surface area contributed by atoms with E-state index in [1.165, 1.54) is 21.0 Å². The molecule has 0 saturated carbocycles. The first kappa shape index (κ1) is 18.2. The van der Waals surface area contributed by atoms with E-state index in [-0.39, 0.29) is 12.5 Å². The lowest BCUT2D eigenvalue weighted by molar-refractivity contribution is -0.147. The molecule has 1 atom stereocenters. The maximum atomic E-state index is 12.2. The van der Waals surface area contributed by atoms with E-state index in [1.54, 1.807) is 20.8 Å². The fraction of sp³-hybridized carbons (Fsp3) is 0.769. The van der Waals surface area contributed by atoms with Crippen LogP contribution in [-0.2, 0) is 14.3 Å². The van der Waals surface area contributed by atoms with Crippen LogP contribution in [0.1, 0.15) is 34.6 Å². The number of carboxylic acid groups (broad SMARTS) is 1. The third-order valence-corrected chi connectivity index (χ3v) is 3.16. The summed E-state index contributed by atoms with van der Waals surface area (Å²) in [4.78, 5) is 36.2. The Balaban J connectivity index is 5.12. The third-order valence-electron chi connectivity index (χ3n) is 3.16. The lowest BCUT2D eigenvalue weighted by Gasteiger charge is -2.35. The summed E-state index contributed by atoms with van der Waals surface area (Å²) in [6.07, 6.45) is 0. The van der Waals surface area contributed by atoms with Gasteiger partial charge in [-0.15, -0.1) is 0 Å². The van der Waals surface area contributed by atoms with Crippen LogP contribution >= 0.6 is 0 Å². The Bertz CT molecular complexity index is 379. The molecular formula is C13H24N2O5. The van der Waals surface area contributed by atoms with Crippen molar-refractivity contribution in [3.05, 3.63) is 0 Å². The second-order valence-corrected chi connectivity index (χ2v) is 5.30. The van der Waals surface area contributed by atoms with Gasteiger partial charge in [-0.1, -0.05) is 13.8 Å². The molecule has 2 N–H and O–H groups in total. The molecule has 0 heterocycles. The number of urea groups is 1. The van der Waals surface area contributed by atoms with Crippen LogP contribution in [0.15, 0.2) is 0 Å². The minimum atomic E-state index is -1.36. The molecule has 0 aliphatic carbocycles. The molecule has 0 fully saturated rings. The number of hydrogen-bond donors (Lipinski definition) is 2. The minimum Gasteiger partial charge on any atom is -0.480 e. The fourth-order valence-electron chi connectivity index (χ4n) is 1.74. The number of carbonyl (C=O) groups excluding carboxylic acids is 2. The van der Waals surface area contributed by atoms with Crippen LogP contribution in [0.3, 0.4) is 0 Å². The monoisotopic (exact) mass is 288 g/mol. The number of aliphatic carboxylic acids is 1. The van der Waals surface area contributed by atoms with Crippen molar-refractivity contribution in [2.45, 2.75) is 46.2 Å². The number of methoxy groups -OCH3 is 1. The van der Waals surface area contributed by atoms with E-state index < -0.39 is 29.6 Å². The van der Waals surface area contributed by atoms with Gasteiger partial charge in [-0.05, 0) is 26.7 Å². The number of esters is 1. The van der Waals surface area contributed by atoms with E-state index in [0.29, 0.717) is 0 Å². The molecule has 0 aromatic rings. The van der Waals surface area contributed by atoms with Crippen molar-refractivity contribution < 1.29 is 24.2 Å². The van der Waals surface area contributed by atoms with E-state index in [2.05, 4.69) is 10.1 Å². The lowest BCUT2D eigenvalue weighted by atomic mass is 10.0. The van der Waals surface area contributed by atoms with Gasteiger partial charge in [0.2, 0.25) is 0 Å². The number of rotatable bonds is 6. The number of carboxylic acids is 1. The van der Waals surface area contributed by atoms with E-state index >= 15 is 0 Å². The Labute approximate surface area is 119 Å². The molecule has 2 amide bonds. The van der Waals surface area contributed by atoms with E-state index in [9.17, 15) is 19.5 Å². The number of likely N-dealkylation sites (N-methyl/N-ethyl adjacent to an activating group) is 1. The number of ether oxygens (including phenoxy) is 1. The maximum Gasteiger partial charge on any atom is 0.329 e. The summed E-state index contributed by atoms with van der Waals surface area (Å²) in [5.41, 5.74) is -1.36. The summed E-state index contributed by atoms with van der Waals surface area (Å²) in [6.45, 7) is 8.27. The van der Waals surface area contributed by atoms with Crippen LogP contribution in [0, 0.1) is 5.92 Å². The smallest absolute Gasteiger partial charge is 0.329 e. The largest absolute Gasteiger partial charge is 0.480 e. The average molecular weight is 288 g/mol. The molecule has 1 unspecified atom stereocenters. The van der Waals surface area contributed by atoms with Gasteiger partial charge in [0.25, 0.3) is 0 Å². The second-order valence-electron chi connectivity index (χ2n) is 5.30. The maximum absolute atomic E-state index is 12.2. The molecule has 116 valence electrons. The van der Waals surface area contributed by atoms with Crippen LogP contribution < -0.4 is 5.32 Å². The summed E-state index contributed by atoms with van der Waals surface area (Å²) in [5, 5.41) is 11.7. The molecule has 20 heavy (non-hydrogen) atoms. The third kappa shape index (κ3) is 4.11. The Morgan fingerprint density at radius 1 is 1.30 bits per heavy atom. The molecule has 0 aromatic heterocycles. The highest BCUT2D eigenvalue weighted by molar-refractivity contribution is 5.88.